The highest BCUT2D eigenvalue weighted by atomic mass is 79.9. The number of rotatable bonds is 16. The summed E-state index contributed by atoms with van der Waals surface area (Å²) in [6, 6.07) is 137. The van der Waals surface area contributed by atoms with E-state index in [0.717, 1.165) is 152 Å². The van der Waals surface area contributed by atoms with Gasteiger partial charge in [-0.3, -0.25) is 0 Å². The molecule has 1 fully saturated rings. The fourth-order valence-corrected chi connectivity index (χ4v) is 21.4. The van der Waals surface area contributed by atoms with E-state index >= 15 is 0 Å². The van der Waals surface area contributed by atoms with Crippen LogP contribution in [0.2, 0.25) is 0 Å². The molecule has 0 amide bonds. The van der Waals surface area contributed by atoms with Crippen LogP contribution in [-0.2, 0) is 18.4 Å². The number of aromatic nitrogens is 6. The van der Waals surface area contributed by atoms with E-state index in [1.54, 1.807) is 0 Å². The van der Waals surface area contributed by atoms with Gasteiger partial charge in [0.05, 0.1) is 11.2 Å². The van der Waals surface area contributed by atoms with Gasteiger partial charge in [0.2, 0.25) is 0 Å². The quantitative estimate of drug-likeness (QED) is 0.0667. The zero-order chi connectivity index (χ0) is 84.4. The van der Waals surface area contributed by atoms with Crippen LogP contribution in [0.5, 0.6) is 0 Å². The van der Waals surface area contributed by atoms with Gasteiger partial charge in [0.25, 0.3) is 0 Å². The molecule has 598 valence electrons. The molecular weight excluding hydrogens is 1630 g/mol. The molecule has 12 nitrogen and oxygen atoms in total. The summed E-state index contributed by atoms with van der Waals surface area (Å²) in [5.74, 6) is 3.62. The number of fused-ring (bicyclic) bond motifs is 6. The molecular formula is C108H80BBrN6O6P2. The number of benzene rings is 16. The maximum absolute atomic E-state index is 14.8. The van der Waals surface area contributed by atoms with E-state index < -0.39 is 14.3 Å². The second-order valence-corrected chi connectivity index (χ2v) is 37.9. The maximum atomic E-state index is 14.8. The van der Waals surface area contributed by atoms with Crippen molar-refractivity contribution in [3.8, 4) is 102 Å². The van der Waals surface area contributed by atoms with Gasteiger partial charge in [0.1, 0.15) is 22.3 Å². The van der Waals surface area contributed by atoms with E-state index in [9.17, 15) is 9.13 Å². The molecule has 0 aliphatic carbocycles. The summed E-state index contributed by atoms with van der Waals surface area (Å²) in [6.45, 7) is 8.28. The normalized spacial score (nSPS) is 13.0. The summed E-state index contributed by atoms with van der Waals surface area (Å²) in [6.07, 6.45) is 0. The molecule has 5 heterocycles. The van der Waals surface area contributed by atoms with Crippen molar-refractivity contribution < 1.29 is 27.3 Å². The highest BCUT2D eigenvalue weighted by molar-refractivity contribution is 9.10. The molecule has 0 spiro atoms. The summed E-state index contributed by atoms with van der Waals surface area (Å²) in [5, 5.41) is 9.07. The van der Waals surface area contributed by atoms with Gasteiger partial charge in [0.15, 0.2) is 49.2 Å². The van der Waals surface area contributed by atoms with Gasteiger partial charge >= 0.3 is 7.12 Å². The highest BCUT2D eigenvalue weighted by Crippen LogP contribution is 2.46. The molecule has 124 heavy (non-hydrogen) atoms. The minimum atomic E-state index is -3.03. The molecule has 0 bridgehead atoms. The Morgan fingerprint density at radius 2 is 0.484 bits per heavy atom. The van der Waals surface area contributed by atoms with Crippen molar-refractivity contribution in [3.63, 3.8) is 0 Å². The van der Waals surface area contributed by atoms with Crippen molar-refractivity contribution in [3.05, 3.63) is 417 Å². The van der Waals surface area contributed by atoms with E-state index in [2.05, 4.69) is 171 Å². The topological polar surface area (TPSA) is 156 Å². The van der Waals surface area contributed by atoms with Gasteiger partial charge < -0.3 is 27.3 Å². The SMILES string of the molecule is CC1(C)OB(c2ccc(-c3ccc(-c4nc(-c5ccccc5)nc(-c5cccc6oc7ccccc7c56)n4)cc3)cc2)OC1(C)C.O=P(c1ccccc1)(c1ccccc1)c1ccc(-c2ccc(-c3ccc(-c4nc(-c5ccccc5)nc(-c5cccc6oc7ccccc7c56)n4)cc3)cc2)cc1.O=P(c1ccccc1)(c1ccccc1)c1ccc(Br)cc1. The molecule has 21 rings (SSSR count). The lowest BCUT2D eigenvalue weighted by Gasteiger charge is -2.32. The Hall–Kier alpha value is -13.9. The van der Waals surface area contributed by atoms with Gasteiger partial charge in [-0.05, 0) is 115 Å². The monoisotopic (exact) mass is 1710 g/mol. The molecule has 0 unspecified atom stereocenters. The smallest absolute Gasteiger partial charge is 0.456 e. The second kappa shape index (κ2) is 34.2. The zero-order valence-corrected chi connectivity index (χ0v) is 71.6. The van der Waals surface area contributed by atoms with Crippen molar-refractivity contribution in [2.75, 3.05) is 0 Å². The van der Waals surface area contributed by atoms with Crippen LogP contribution < -0.4 is 37.3 Å². The largest absolute Gasteiger partial charge is 0.494 e. The fourth-order valence-electron chi connectivity index (χ4n) is 15.9. The van der Waals surface area contributed by atoms with Crippen LogP contribution in [0.4, 0.5) is 0 Å². The summed E-state index contributed by atoms with van der Waals surface area (Å²) in [4.78, 5) is 30.0. The average Bonchev–Trinajstić information content (AvgIpc) is 1.77. The molecule has 16 aromatic carbocycles. The van der Waals surface area contributed by atoms with Crippen molar-refractivity contribution in [1.82, 2.24) is 29.9 Å². The number of nitrogens with zero attached hydrogens (tertiary/aromatic N) is 6. The van der Waals surface area contributed by atoms with Gasteiger partial charge in [-0.25, -0.2) is 29.9 Å². The van der Waals surface area contributed by atoms with Gasteiger partial charge in [0, 0.05) is 91.2 Å². The van der Waals surface area contributed by atoms with Crippen LogP contribution >= 0.6 is 30.2 Å². The van der Waals surface area contributed by atoms with Crippen LogP contribution in [-0.4, -0.2) is 48.2 Å². The maximum Gasteiger partial charge on any atom is 0.494 e. The van der Waals surface area contributed by atoms with Crippen molar-refractivity contribution >= 4 is 118 Å². The lowest BCUT2D eigenvalue weighted by molar-refractivity contribution is 0.00578. The molecule has 0 saturated carbocycles. The standard InChI is InChI=1S/C51H34N3O2P.C39H32BN3O3.C18H14BrOP/c55-57(41-15-6-2-7-16-41,42-17-8-3-9-18-42)43-33-31-38(32-34-43)36-25-23-35(24-26-36)37-27-29-40(30-28-37)50-52-49(39-13-4-1-5-14-39)53-51(54-50)45-20-12-22-47-48(45)44-19-10-11-21-46(44)56-47;1-38(2)39(3,4)46-40(45-38)29-23-21-26(22-24-29)25-17-19-28(20-18-25)36-41-35(27-11-6-5-7-12-27)42-37(43-36)31-14-10-16-33-34(31)30-13-8-9-15-32(30)44-33;19-15-11-13-18(14-12-15)21(20,16-7-3-1-4-8-16)17-9-5-2-6-10-17/h1-34H;5-24H,1-4H3;1-14H. The Balaban J connectivity index is 0.000000134. The predicted octanol–water partition coefficient (Wildman–Crippen LogP) is 24.6. The molecule has 0 radical (unpaired) electrons. The Labute approximate surface area is 728 Å². The molecule has 16 heteroatoms. The van der Waals surface area contributed by atoms with E-state index in [-0.39, 0.29) is 18.3 Å². The van der Waals surface area contributed by atoms with Crippen LogP contribution in [0.15, 0.2) is 426 Å². The summed E-state index contributed by atoms with van der Waals surface area (Å²) in [5.41, 5.74) is 15.5. The summed E-state index contributed by atoms with van der Waals surface area (Å²) >= 11 is 3.43. The number of hydrogen-bond acceptors (Lipinski definition) is 12. The third-order valence-electron chi connectivity index (χ3n) is 23.1. The lowest BCUT2D eigenvalue weighted by Crippen LogP contribution is -2.41. The Morgan fingerprint density at radius 1 is 0.242 bits per heavy atom. The minimum absolute atomic E-state index is 0.375. The number of hydrogen-bond donors (Lipinski definition) is 0. The molecule has 20 aromatic rings. The van der Waals surface area contributed by atoms with Gasteiger partial charge in [-0.1, -0.05) is 380 Å². The lowest BCUT2D eigenvalue weighted by atomic mass is 9.78. The third kappa shape index (κ3) is 15.9. The molecule has 1 aliphatic heterocycles. The molecule has 1 saturated heterocycles. The van der Waals surface area contributed by atoms with Crippen LogP contribution in [0.25, 0.3) is 146 Å². The summed E-state index contributed by atoms with van der Waals surface area (Å²) < 4.78 is 54.6. The van der Waals surface area contributed by atoms with Crippen molar-refractivity contribution in [2.45, 2.75) is 38.9 Å². The number of furan rings is 2. The fraction of sp³-hybridized carbons (Fsp3) is 0.0556. The Morgan fingerprint density at radius 3 is 0.815 bits per heavy atom. The average molecular weight is 1710 g/mol. The first-order chi connectivity index (χ1) is 60.6. The van der Waals surface area contributed by atoms with E-state index in [4.69, 9.17) is 48.0 Å². The summed E-state index contributed by atoms with van der Waals surface area (Å²) in [7, 11) is -6.23. The van der Waals surface area contributed by atoms with E-state index in [1.807, 2.05) is 285 Å². The minimum Gasteiger partial charge on any atom is -0.456 e. The van der Waals surface area contributed by atoms with Crippen molar-refractivity contribution in [2.24, 2.45) is 0 Å². The number of para-hydroxylation sites is 2. The first-order valence-electron chi connectivity index (χ1n) is 41.1. The number of halogens is 1. The van der Waals surface area contributed by atoms with Crippen molar-refractivity contribution in [1.29, 1.82) is 0 Å². The first-order valence-corrected chi connectivity index (χ1v) is 45.3. The molecule has 4 aromatic heterocycles. The van der Waals surface area contributed by atoms with Crippen LogP contribution in [0.3, 0.4) is 0 Å². The zero-order valence-electron chi connectivity index (χ0n) is 68.2. The highest BCUT2D eigenvalue weighted by Gasteiger charge is 2.51. The van der Waals surface area contributed by atoms with E-state index in [1.165, 1.54) is 0 Å². The molecule has 1 aliphatic rings. The predicted molar refractivity (Wildman–Crippen MR) is 512 cm³/mol. The van der Waals surface area contributed by atoms with Crippen LogP contribution in [0, 0.1) is 0 Å². The third-order valence-corrected chi connectivity index (χ3v) is 29.8. The Kier molecular flexibility index (Phi) is 22.0. The molecule has 0 atom stereocenters. The van der Waals surface area contributed by atoms with Crippen LogP contribution in [0.1, 0.15) is 27.7 Å². The van der Waals surface area contributed by atoms with Gasteiger partial charge in [-0.2, -0.15) is 0 Å². The molecule has 0 N–H and O–H groups in total. The van der Waals surface area contributed by atoms with Gasteiger partial charge in [-0.15, -0.1) is 0 Å². The van der Waals surface area contributed by atoms with E-state index in [0.29, 0.717) is 34.9 Å². The second-order valence-electron chi connectivity index (χ2n) is 31.4. The Bertz CT molecular complexity index is 7220. The first kappa shape index (κ1) is 79.8.